The summed E-state index contributed by atoms with van der Waals surface area (Å²) in [5.41, 5.74) is 5.28. The van der Waals surface area contributed by atoms with Crippen LogP contribution in [0.5, 0.6) is 0 Å². The van der Waals surface area contributed by atoms with Crippen LogP contribution in [0.25, 0.3) is 0 Å². The maximum Gasteiger partial charge on any atom is 0.161 e. The maximum absolute atomic E-state index is 6.16. The van der Waals surface area contributed by atoms with Crippen molar-refractivity contribution in [3.8, 4) is 0 Å². The first-order valence-electron chi connectivity index (χ1n) is 5.45. The molecule has 2 aromatic heterocycles. The molecule has 0 aliphatic carbocycles. The minimum atomic E-state index is 0.388. The first kappa shape index (κ1) is 14.3. The number of aryl methyl sites for hydroxylation is 1. The van der Waals surface area contributed by atoms with E-state index in [4.69, 9.17) is 29.0 Å². The standard InChI is InChI=1S/C11H13Cl2N5S/c1-6-9(19-5-15-6)4-18(2)11-8(13)3-7(12)10(16-11)17-14/h3,5H,4,14H2,1-2H3,(H,16,17). The second-order valence-electron chi connectivity index (χ2n) is 3.99. The summed E-state index contributed by atoms with van der Waals surface area (Å²) in [4.78, 5) is 11.6. The lowest BCUT2D eigenvalue weighted by Crippen LogP contribution is -2.19. The lowest BCUT2D eigenvalue weighted by atomic mass is 10.3. The van der Waals surface area contributed by atoms with Gasteiger partial charge in [-0.3, -0.25) is 0 Å². The molecule has 2 aromatic rings. The number of hydrazine groups is 1. The summed E-state index contributed by atoms with van der Waals surface area (Å²) in [6.07, 6.45) is 0. The van der Waals surface area contributed by atoms with Crippen molar-refractivity contribution in [2.24, 2.45) is 5.84 Å². The van der Waals surface area contributed by atoms with Gasteiger partial charge < -0.3 is 10.3 Å². The zero-order valence-corrected chi connectivity index (χ0v) is 12.8. The highest BCUT2D eigenvalue weighted by Crippen LogP contribution is 2.31. The highest BCUT2D eigenvalue weighted by atomic mass is 35.5. The van der Waals surface area contributed by atoms with Gasteiger partial charge in [-0.1, -0.05) is 23.2 Å². The van der Waals surface area contributed by atoms with Crippen LogP contribution in [0.15, 0.2) is 11.6 Å². The number of anilines is 2. The van der Waals surface area contributed by atoms with Gasteiger partial charge in [0.1, 0.15) is 5.82 Å². The summed E-state index contributed by atoms with van der Waals surface area (Å²) in [5.74, 6) is 6.38. The van der Waals surface area contributed by atoms with E-state index in [1.807, 2.05) is 24.4 Å². The van der Waals surface area contributed by atoms with Crippen molar-refractivity contribution in [1.29, 1.82) is 0 Å². The monoisotopic (exact) mass is 317 g/mol. The SMILES string of the molecule is Cc1ncsc1CN(C)c1nc(NN)c(Cl)cc1Cl. The fourth-order valence-electron chi connectivity index (χ4n) is 1.59. The number of pyridine rings is 1. The Hall–Kier alpha value is -1.08. The fraction of sp³-hybridized carbons (Fsp3) is 0.273. The van der Waals surface area contributed by atoms with Crippen molar-refractivity contribution < 1.29 is 0 Å². The van der Waals surface area contributed by atoms with Crippen molar-refractivity contribution in [3.05, 3.63) is 32.2 Å². The highest BCUT2D eigenvalue weighted by molar-refractivity contribution is 7.09. The summed E-state index contributed by atoms with van der Waals surface area (Å²) in [6, 6.07) is 1.62. The van der Waals surface area contributed by atoms with Crippen LogP contribution in [-0.4, -0.2) is 17.0 Å². The quantitative estimate of drug-likeness (QED) is 0.670. The molecule has 0 aliphatic heterocycles. The molecular formula is C11H13Cl2N5S. The van der Waals surface area contributed by atoms with E-state index in [0.29, 0.717) is 28.2 Å². The van der Waals surface area contributed by atoms with Crippen LogP contribution in [0.3, 0.4) is 0 Å². The van der Waals surface area contributed by atoms with E-state index in [1.54, 1.807) is 17.4 Å². The van der Waals surface area contributed by atoms with E-state index < -0.39 is 0 Å². The Bertz CT molecular complexity index is 586. The third kappa shape index (κ3) is 3.09. The van der Waals surface area contributed by atoms with E-state index in [9.17, 15) is 0 Å². The Morgan fingerprint density at radius 1 is 1.42 bits per heavy atom. The molecule has 19 heavy (non-hydrogen) atoms. The molecule has 0 aromatic carbocycles. The third-order valence-corrected chi connectivity index (χ3v) is 4.12. The number of nitrogen functional groups attached to an aromatic ring is 1. The van der Waals surface area contributed by atoms with Gasteiger partial charge in [-0.25, -0.2) is 15.8 Å². The summed E-state index contributed by atoms with van der Waals surface area (Å²) in [6.45, 7) is 2.65. The number of thiazole rings is 1. The van der Waals surface area contributed by atoms with Gasteiger partial charge in [0.15, 0.2) is 5.82 Å². The van der Waals surface area contributed by atoms with Gasteiger partial charge in [-0.2, -0.15) is 0 Å². The fourth-order valence-corrected chi connectivity index (χ4v) is 2.98. The lowest BCUT2D eigenvalue weighted by Gasteiger charge is -2.20. The molecule has 0 saturated carbocycles. The first-order valence-corrected chi connectivity index (χ1v) is 7.09. The predicted molar refractivity (Wildman–Crippen MR) is 81.0 cm³/mol. The Balaban J connectivity index is 2.28. The van der Waals surface area contributed by atoms with E-state index in [-0.39, 0.29) is 0 Å². The molecule has 0 radical (unpaired) electrons. The maximum atomic E-state index is 6.16. The first-order chi connectivity index (χ1) is 9.02. The van der Waals surface area contributed by atoms with E-state index in [0.717, 1.165) is 10.6 Å². The molecule has 0 aliphatic rings. The number of aromatic nitrogens is 2. The predicted octanol–water partition coefficient (Wildman–Crippen LogP) is 3.08. The summed E-state index contributed by atoms with van der Waals surface area (Å²) in [7, 11) is 1.90. The molecule has 0 unspecified atom stereocenters. The van der Waals surface area contributed by atoms with Crippen molar-refractivity contribution in [2.45, 2.75) is 13.5 Å². The van der Waals surface area contributed by atoms with Gasteiger partial charge in [0, 0.05) is 11.9 Å². The molecule has 5 nitrogen and oxygen atoms in total. The van der Waals surface area contributed by atoms with Gasteiger partial charge in [0.05, 0.1) is 27.8 Å². The van der Waals surface area contributed by atoms with Gasteiger partial charge in [-0.05, 0) is 13.0 Å². The van der Waals surface area contributed by atoms with Crippen LogP contribution in [0.1, 0.15) is 10.6 Å². The number of nitrogens with one attached hydrogen (secondary N) is 1. The van der Waals surface area contributed by atoms with Crippen molar-refractivity contribution in [2.75, 3.05) is 17.4 Å². The molecular weight excluding hydrogens is 305 g/mol. The van der Waals surface area contributed by atoms with Crippen LogP contribution in [0.4, 0.5) is 11.6 Å². The number of hydrogen-bond donors (Lipinski definition) is 2. The largest absolute Gasteiger partial charge is 0.353 e. The number of rotatable bonds is 4. The summed E-state index contributed by atoms with van der Waals surface area (Å²) < 4.78 is 0. The normalized spacial score (nSPS) is 10.6. The van der Waals surface area contributed by atoms with Crippen LogP contribution < -0.4 is 16.2 Å². The zero-order valence-electron chi connectivity index (χ0n) is 10.4. The van der Waals surface area contributed by atoms with Crippen LogP contribution in [-0.2, 0) is 6.54 Å². The molecule has 0 fully saturated rings. The second kappa shape index (κ2) is 5.92. The Kier molecular flexibility index (Phi) is 4.46. The second-order valence-corrected chi connectivity index (χ2v) is 5.74. The Morgan fingerprint density at radius 2 is 2.16 bits per heavy atom. The van der Waals surface area contributed by atoms with Crippen LogP contribution in [0.2, 0.25) is 10.0 Å². The van der Waals surface area contributed by atoms with Gasteiger partial charge >= 0.3 is 0 Å². The molecule has 8 heteroatoms. The van der Waals surface area contributed by atoms with E-state index in [1.165, 1.54) is 0 Å². The van der Waals surface area contributed by atoms with Gasteiger partial charge in [0.2, 0.25) is 0 Å². The molecule has 0 bridgehead atoms. The minimum Gasteiger partial charge on any atom is -0.353 e. The van der Waals surface area contributed by atoms with Crippen LogP contribution in [0, 0.1) is 6.92 Å². The molecule has 0 amide bonds. The van der Waals surface area contributed by atoms with E-state index in [2.05, 4.69) is 15.4 Å². The van der Waals surface area contributed by atoms with Crippen molar-refractivity contribution in [1.82, 2.24) is 9.97 Å². The van der Waals surface area contributed by atoms with Gasteiger partial charge in [-0.15, -0.1) is 11.3 Å². The molecule has 2 rings (SSSR count). The highest BCUT2D eigenvalue weighted by Gasteiger charge is 2.14. The smallest absolute Gasteiger partial charge is 0.161 e. The number of nitrogens with two attached hydrogens (primary N) is 1. The van der Waals surface area contributed by atoms with Gasteiger partial charge in [0.25, 0.3) is 0 Å². The van der Waals surface area contributed by atoms with Crippen LogP contribution >= 0.6 is 34.5 Å². The molecule has 0 saturated heterocycles. The third-order valence-electron chi connectivity index (χ3n) is 2.63. The van der Waals surface area contributed by atoms with Crippen molar-refractivity contribution >= 4 is 46.2 Å². The Morgan fingerprint density at radius 3 is 2.74 bits per heavy atom. The number of halogens is 2. The average molecular weight is 318 g/mol. The molecule has 2 heterocycles. The van der Waals surface area contributed by atoms with E-state index >= 15 is 0 Å². The molecule has 0 atom stereocenters. The zero-order chi connectivity index (χ0) is 14.0. The molecule has 3 N–H and O–H groups in total. The molecule has 102 valence electrons. The minimum absolute atomic E-state index is 0.388. The van der Waals surface area contributed by atoms with Crippen molar-refractivity contribution in [3.63, 3.8) is 0 Å². The Labute approximate surface area is 125 Å². The summed E-state index contributed by atoms with van der Waals surface area (Å²) in [5, 5.41) is 0.868. The lowest BCUT2D eigenvalue weighted by molar-refractivity contribution is 0.901. The number of hydrogen-bond acceptors (Lipinski definition) is 6. The average Bonchev–Trinajstić information content (AvgIpc) is 2.75. The molecule has 0 spiro atoms. The number of nitrogens with zero attached hydrogens (tertiary/aromatic N) is 3. The summed E-state index contributed by atoms with van der Waals surface area (Å²) >= 11 is 13.7. The topological polar surface area (TPSA) is 67.1 Å².